The van der Waals surface area contributed by atoms with E-state index in [9.17, 15) is 9.59 Å². The number of esters is 1. The maximum atomic E-state index is 12.1. The molecule has 18 heavy (non-hydrogen) atoms. The highest BCUT2D eigenvalue weighted by atomic mass is 16.5. The molecule has 0 aliphatic rings. The van der Waals surface area contributed by atoms with Crippen LogP contribution in [-0.2, 0) is 9.53 Å². The molecule has 1 aromatic carbocycles. The van der Waals surface area contributed by atoms with Gasteiger partial charge in [-0.15, -0.1) is 0 Å². The van der Waals surface area contributed by atoms with Crippen LogP contribution in [0.4, 0.5) is 0 Å². The minimum Gasteiger partial charge on any atom is -0.423 e. The molecule has 0 amide bonds. The molecule has 0 atom stereocenters. The molecule has 0 aromatic heterocycles. The second-order valence-electron chi connectivity index (χ2n) is 4.00. The number of benzene rings is 1. The number of carbonyl (C=O) groups is 2. The van der Waals surface area contributed by atoms with E-state index in [2.05, 4.69) is 6.92 Å². The summed E-state index contributed by atoms with van der Waals surface area (Å²) in [4.78, 5) is 23.1. The predicted molar refractivity (Wildman–Crippen MR) is 70.1 cm³/mol. The van der Waals surface area contributed by atoms with E-state index in [1.165, 1.54) is 6.92 Å². The summed E-state index contributed by atoms with van der Waals surface area (Å²) in [5.74, 6) is -0.592. The number of Topliss-reactive ketones (excluding diaryl/α,β-unsaturated/α-hetero) is 1. The third-order valence-electron chi connectivity index (χ3n) is 2.40. The number of hydrogen-bond donors (Lipinski definition) is 0. The average Bonchev–Trinajstić information content (AvgIpc) is 2.37. The molecule has 96 valence electrons. The van der Waals surface area contributed by atoms with Gasteiger partial charge in [0, 0.05) is 12.5 Å². The van der Waals surface area contributed by atoms with Gasteiger partial charge in [-0.3, -0.25) is 9.59 Å². The molecule has 0 heterocycles. The van der Waals surface area contributed by atoms with E-state index >= 15 is 0 Å². The van der Waals surface area contributed by atoms with Crippen molar-refractivity contribution in [3.63, 3.8) is 0 Å². The second kappa shape index (κ2) is 7.43. The van der Waals surface area contributed by atoms with Gasteiger partial charge in [0.2, 0.25) is 5.78 Å². The molecule has 0 aliphatic carbocycles. The number of rotatable bonds is 6. The third kappa shape index (κ3) is 4.53. The molecule has 0 radical (unpaired) electrons. The first-order valence-electron chi connectivity index (χ1n) is 6.13. The van der Waals surface area contributed by atoms with E-state index in [4.69, 9.17) is 4.74 Å². The Morgan fingerprint density at radius 2 is 1.89 bits per heavy atom. The largest absolute Gasteiger partial charge is 0.423 e. The lowest BCUT2D eigenvalue weighted by molar-refractivity contribution is -0.136. The minimum absolute atomic E-state index is 0.127. The van der Waals surface area contributed by atoms with Crippen LogP contribution >= 0.6 is 0 Å². The van der Waals surface area contributed by atoms with E-state index in [1.54, 1.807) is 30.3 Å². The number of hydrogen-bond acceptors (Lipinski definition) is 3. The fourth-order valence-corrected chi connectivity index (χ4v) is 1.50. The van der Waals surface area contributed by atoms with Gasteiger partial charge >= 0.3 is 5.97 Å². The van der Waals surface area contributed by atoms with E-state index < -0.39 is 5.97 Å². The van der Waals surface area contributed by atoms with Crippen molar-refractivity contribution < 1.29 is 14.3 Å². The molecule has 1 aromatic rings. The molecule has 0 aliphatic heterocycles. The van der Waals surface area contributed by atoms with Gasteiger partial charge in [-0.2, -0.15) is 0 Å². The van der Waals surface area contributed by atoms with Gasteiger partial charge in [0.05, 0.1) is 0 Å². The van der Waals surface area contributed by atoms with Crippen molar-refractivity contribution in [3.05, 3.63) is 47.7 Å². The monoisotopic (exact) mass is 246 g/mol. The van der Waals surface area contributed by atoms with Crippen LogP contribution in [-0.4, -0.2) is 11.8 Å². The first kappa shape index (κ1) is 14.2. The molecule has 3 nitrogen and oxygen atoms in total. The van der Waals surface area contributed by atoms with E-state index in [1.807, 2.05) is 6.07 Å². The lowest BCUT2D eigenvalue weighted by Gasteiger charge is -2.06. The van der Waals surface area contributed by atoms with Crippen molar-refractivity contribution in [1.29, 1.82) is 0 Å². The summed E-state index contributed by atoms with van der Waals surface area (Å²) in [6.07, 6.45) is 4.42. The van der Waals surface area contributed by atoms with Gasteiger partial charge in [-0.25, -0.2) is 0 Å². The molecule has 0 N–H and O–H groups in total. The van der Waals surface area contributed by atoms with Crippen molar-refractivity contribution in [1.82, 2.24) is 0 Å². The highest BCUT2D eigenvalue weighted by Crippen LogP contribution is 2.12. The predicted octanol–water partition coefficient (Wildman–Crippen LogP) is 3.51. The van der Waals surface area contributed by atoms with Crippen molar-refractivity contribution in [2.24, 2.45) is 0 Å². The number of unbranched alkanes of at least 4 members (excludes halogenated alkanes) is 2. The highest BCUT2D eigenvalue weighted by molar-refractivity contribution is 6.08. The lowest BCUT2D eigenvalue weighted by atomic mass is 10.1. The maximum Gasteiger partial charge on any atom is 0.308 e. The highest BCUT2D eigenvalue weighted by Gasteiger charge is 2.14. The van der Waals surface area contributed by atoms with Crippen LogP contribution in [0.25, 0.3) is 0 Å². The average molecular weight is 246 g/mol. The molecule has 1 rings (SSSR count). The molecular weight excluding hydrogens is 228 g/mol. The Morgan fingerprint density at radius 1 is 1.22 bits per heavy atom. The number of carbonyl (C=O) groups excluding carboxylic acids is 2. The van der Waals surface area contributed by atoms with Crippen LogP contribution in [0.1, 0.15) is 43.5 Å². The van der Waals surface area contributed by atoms with Crippen molar-refractivity contribution in [2.75, 3.05) is 0 Å². The van der Waals surface area contributed by atoms with Crippen LogP contribution in [0, 0.1) is 0 Å². The van der Waals surface area contributed by atoms with Crippen molar-refractivity contribution in [3.8, 4) is 0 Å². The molecular formula is C15H18O3. The quantitative estimate of drug-likeness (QED) is 0.254. The van der Waals surface area contributed by atoms with Crippen molar-refractivity contribution >= 4 is 11.8 Å². The summed E-state index contributed by atoms with van der Waals surface area (Å²) in [5.41, 5.74) is 0.529. The maximum absolute atomic E-state index is 12.1. The standard InChI is InChI=1S/C15H18O3/c1-3-4-6-11-14(18-12(2)16)15(17)13-9-7-5-8-10-13/h5,7-11H,3-4,6H2,1-2H3/b14-11+. The number of allylic oxidation sites excluding steroid dienone is 2. The van der Waals surface area contributed by atoms with E-state index in [-0.39, 0.29) is 11.5 Å². The van der Waals surface area contributed by atoms with Crippen LogP contribution in [0.3, 0.4) is 0 Å². The summed E-state index contributed by atoms with van der Waals surface area (Å²) >= 11 is 0. The Balaban J connectivity index is 2.85. The topological polar surface area (TPSA) is 43.4 Å². The smallest absolute Gasteiger partial charge is 0.308 e. The summed E-state index contributed by atoms with van der Waals surface area (Å²) < 4.78 is 4.99. The Hall–Kier alpha value is -1.90. The first-order chi connectivity index (χ1) is 8.65. The van der Waals surface area contributed by atoms with Crippen molar-refractivity contribution in [2.45, 2.75) is 33.1 Å². The zero-order valence-electron chi connectivity index (χ0n) is 10.8. The zero-order chi connectivity index (χ0) is 13.4. The first-order valence-corrected chi connectivity index (χ1v) is 6.13. The summed E-state index contributed by atoms with van der Waals surface area (Å²) in [6.45, 7) is 3.37. The molecule has 0 bridgehead atoms. The molecule has 3 heteroatoms. The molecule has 0 saturated heterocycles. The van der Waals surface area contributed by atoms with Crippen LogP contribution < -0.4 is 0 Å². The normalized spacial score (nSPS) is 11.1. The molecule has 0 fully saturated rings. The zero-order valence-corrected chi connectivity index (χ0v) is 10.8. The van der Waals surface area contributed by atoms with Crippen LogP contribution in [0.15, 0.2) is 42.2 Å². The summed E-state index contributed by atoms with van der Waals surface area (Å²) in [6, 6.07) is 8.82. The molecule has 0 spiro atoms. The van der Waals surface area contributed by atoms with Gasteiger partial charge < -0.3 is 4.74 Å². The van der Waals surface area contributed by atoms with E-state index in [0.29, 0.717) is 5.56 Å². The van der Waals surface area contributed by atoms with Gasteiger partial charge in [0.1, 0.15) is 0 Å². The fourth-order valence-electron chi connectivity index (χ4n) is 1.50. The Bertz CT molecular complexity index is 432. The fraction of sp³-hybridized carbons (Fsp3) is 0.333. The van der Waals surface area contributed by atoms with E-state index in [0.717, 1.165) is 19.3 Å². The second-order valence-corrected chi connectivity index (χ2v) is 4.00. The summed E-state index contributed by atoms with van der Waals surface area (Å²) in [5, 5.41) is 0. The van der Waals surface area contributed by atoms with Gasteiger partial charge in [0.15, 0.2) is 5.76 Å². The number of ether oxygens (including phenoxy) is 1. The molecule has 0 saturated carbocycles. The van der Waals surface area contributed by atoms with Crippen LogP contribution in [0.2, 0.25) is 0 Å². The van der Waals surface area contributed by atoms with Crippen LogP contribution in [0.5, 0.6) is 0 Å². The Labute approximate surface area is 107 Å². The summed E-state index contributed by atoms with van der Waals surface area (Å²) in [7, 11) is 0. The molecule has 0 unspecified atom stereocenters. The SMILES string of the molecule is CCCC/C=C(/OC(C)=O)C(=O)c1ccccc1. The van der Waals surface area contributed by atoms with Gasteiger partial charge in [-0.1, -0.05) is 43.7 Å². The Kier molecular flexibility index (Phi) is 5.85. The Morgan fingerprint density at radius 3 is 2.44 bits per heavy atom. The third-order valence-corrected chi connectivity index (χ3v) is 2.40. The van der Waals surface area contributed by atoms with Gasteiger partial charge in [0.25, 0.3) is 0 Å². The van der Waals surface area contributed by atoms with Gasteiger partial charge in [-0.05, 0) is 18.9 Å². The minimum atomic E-state index is -0.470. The number of ketones is 1. The lowest BCUT2D eigenvalue weighted by Crippen LogP contribution is -2.10.